The van der Waals surface area contributed by atoms with Crippen LogP contribution in [-0.2, 0) is 9.53 Å². The van der Waals surface area contributed by atoms with Gasteiger partial charge in [-0.25, -0.2) is 0 Å². The smallest absolute Gasteiger partial charge is 0.305 e. The van der Waals surface area contributed by atoms with Crippen LogP contribution in [-0.4, -0.2) is 19.2 Å². The Hall–Kier alpha value is -1.51. The highest BCUT2D eigenvalue weighted by atomic mass is 16.5. The Labute approximate surface area is 179 Å². The van der Waals surface area contributed by atoms with Crippen LogP contribution < -0.4 is 4.74 Å². The third kappa shape index (κ3) is 14.2. The first-order valence-electron chi connectivity index (χ1n) is 12.0. The number of unbranched alkanes of at least 4 members (excludes halogenated alkanes) is 8. The second kappa shape index (κ2) is 17.4. The zero-order valence-electron chi connectivity index (χ0n) is 19.2. The van der Waals surface area contributed by atoms with E-state index < -0.39 is 0 Å². The summed E-state index contributed by atoms with van der Waals surface area (Å²) >= 11 is 0. The summed E-state index contributed by atoms with van der Waals surface area (Å²) in [5, 5.41) is 0. The summed E-state index contributed by atoms with van der Waals surface area (Å²) < 4.78 is 11.2. The molecular weight excluding hydrogens is 360 g/mol. The Balaban J connectivity index is 1.86. The highest BCUT2D eigenvalue weighted by molar-refractivity contribution is 5.69. The number of ether oxygens (including phenoxy) is 2. The lowest BCUT2D eigenvalue weighted by Gasteiger charge is -2.14. The molecule has 0 fully saturated rings. The van der Waals surface area contributed by atoms with Gasteiger partial charge in [-0.05, 0) is 44.2 Å². The van der Waals surface area contributed by atoms with Crippen molar-refractivity contribution in [1.29, 1.82) is 0 Å². The first-order chi connectivity index (χ1) is 14.2. The van der Waals surface area contributed by atoms with Gasteiger partial charge in [-0.2, -0.15) is 0 Å². The number of benzene rings is 1. The van der Waals surface area contributed by atoms with Crippen LogP contribution in [0.1, 0.15) is 103 Å². The van der Waals surface area contributed by atoms with Crippen LogP contribution in [0, 0.1) is 12.8 Å². The van der Waals surface area contributed by atoms with E-state index in [2.05, 4.69) is 32.9 Å². The summed E-state index contributed by atoms with van der Waals surface area (Å²) in [5.74, 6) is 1.51. The molecule has 1 atom stereocenters. The third-order valence-corrected chi connectivity index (χ3v) is 5.59. The molecule has 1 aromatic carbocycles. The van der Waals surface area contributed by atoms with Crippen molar-refractivity contribution in [3.63, 3.8) is 0 Å². The largest absolute Gasteiger partial charge is 0.494 e. The van der Waals surface area contributed by atoms with E-state index in [1.54, 1.807) is 0 Å². The molecule has 0 spiro atoms. The number of carbonyl (C=O) groups excluding carboxylic acids is 1. The SMILES string of the molecule is CCCCC(CC)COC(=O)CCCCCCCCCCOc1ccc(C)cc1. The molecule has 166 valence electrons. The Morgan fingerprint density at radius 2 is 1.48 bits per heavy atom. The van der Waals surface area contributed by atoms with Crippen LogP contribution >= 0.6 is 0 Å². The maximum Gasteiger partial charge on any atom is 0.305 e. The normalized spacial score (nSPS) is 12.0. The molecule has 0 heterocycles. The molecule has 0 bridgehead atoms. The van der Waals surface area contributed by atoms with E-state index >= 15 is 0 Å². The van der Waals surface area contributed by atoms with Crippen molar-refractivity contribution in [2.24, 2.45) is 5.92 Å². The van der Waals surface area contributed by atoms with Gasteiger partial charge < -0.3 is 9.47 Å². The molecule has 0 aliphatic heterocycles. The monoisotopic (exact) mass is 404 g/mol. The molecule has 3 heteroatoms. The molecule has 1 aromatic rings. The summed E-state index contributed by atoms with van der Waals surface area (Å²) in [5.41, 5.74) is 1.27. The van der Waals surface area contributed by atoms with E-state index in [4.69, 9.17) is 9.47 Å². The van der Waals surface area contributed by atoms with E-state index in [0.29, 0.717) is 18.9 Å². The topological polar surface area (TPSA) is 35.5 Å². The number of aryl methyl sites for hydroxylation is 1. The van der Waals surface area contributed by atoms with Gasteiger partial charge in [0.15, 0.2) is 0 Å². The Kier molecular flexibility index (Phi) is 15.3. The van der Waals surface area contributed by atoms with Crippen molar-refractivity contribution in [2.75, 3.05) is 13.2 Å². The standard InChI is InChI=1S/C26H44O3/c1-4-6-15-24(5-2)22-29-26(27)16-13-11-9-7-8-10-12-14-21-28-25-19-17-23(3)18-20-25/h17-20,24H,4-16,21-22H2,1-3H3. The molecule has 1 unspecified atom stereocenters. The summed E-state index contributed by atoms with van der Waals surface area (Å²) in [7, 11) is 0. The molecule has 0 N–H and O–H groups in total. The molecule has 0 aliphatic rings. The quantitative estimate of drug-likeness (QED) is 0.186. The highest BCUT2D eigenvalue weighted by Gasteiger charge is 2.09. The molecule has 0 aromatic heterocycles. The van der Waals surface area contributed by atoms with E-state index in [1.807, 2.05) is 12.1 Å². The van der Waals surface area contributed by atoms with Gasteiger partial charge in [-0.3, -0.25) is 4.79 Å². The van der Waals surface area contributed by atoms with E-state index in [-0.39, 0.29) is 5.97 Å². The van der Waals surface area contributed by atoms with Gasteiger partial charge in [0.2, 0.25) is 0 Å². The number of carbonyl (C=O) groups is 1. The van der Waals surface area contributed by atoms with Gasteiger partial charge in [0.05, 0.1) is 13.2 Å². The fraction of sp³-hybridized carbons (Fsp3) is 0.731. The van der Waals surface area contributed by atoms with Gasteiger partial charge >= 0.3 is 5.97 Å². The van der Waals surface area contributed by atoms with Crippen LogP contribution in [0.5, 0.6) is 5.75 Å². The number of rotatable bonds is 18. The predicted molar refractivity (Wildman–Crippen MR) is 122 cm³/mol. The molecule has 3 nitrogen and oxygen atoms in total. The first kappa shape index (κ1) is 25.5. The van der Waals surface area contributed by atoms with E-state index in [0.717, 1.165) is 38.0 Å². The van der Waals surface area contributed by atoms with Crippen molar-refractivity contribution < 1.29 is 14.3 Å². The zero-order valence-corrected chi connectivity index (χ0v) is 19.2. The lowest BCUT2D eigenvalue weighted by molar-refractivity contribution is -0.145. The summed E-state index contributed by atoms with van der Waals surface area (Å²) in [6.45, 7) is 7.91. The van der Waals surface area contributed by atoms with Gasteiger partial charge in [0.1, 0.15) is 5.75 Å². The number of hydrogen-bond acceptors (Lipinski definition) is 3. The molecule has 0 saturated carbocycles. The molecule has 0 amide bonds. The predicted octanol–water partition coefficient (Wildman–Crippen LogP) is 7.64. The van der Waals surface area contributed by atoms with Gasteiger partial charge in [-0.15, -0.1) is 0 Å². The van der Waals surface area contributed by atoms with E-state index in [1.165, 1.54) is 56.9 Å². The maximum absolute atomic E-state index is 11.9. The van der Waals surface area contributed by atoms with Crippen LogP contribution in [0.3, 0.4) is 0 Å². The minimum Gasteiger partial charge on any atom is -0.494 e. The fourth-order valence-electron chi connectivity index (χ4n) is 3.44. The minimum atomic E-state index is -0.00600. The molecule has 0 aliphatic carbocycles. The Bertz CT molecular complexity index is 509. The summed E-state index contributed by atoms with van der Waals surface area (Å²) in [4.78, 5) is 11.9. The van der Waals surface area contributed by atoms with E-state index in [9.17, 15) is 4.79 Å². The lowest BCUT2D eigenvalue weighted by Crippen LogP contribution is -2.13. The first-order valence-corrected chi connectivity index (χ1v) is 12.0. The Morgan fingerprint density at radius 3 is 2.10 bits per heavy atom. The molecule has 0 saturated heterocycles. The molecule has 1 rings (SSSR count). The van der Waals surface area contributed by atoms with Crippen molar-refractivity contribution in [3.05, 3.63) is 29.8 Å². The van der Waals surface area contributed by atoms with Crippen LogP contribution in [0.4, 0.5) is 0 Å². The average Bonchev–Trinajstić information content (AvgIpc) is 2.73. The number of esters is 1. The third-order valence-electron chi connectivity index (χ3n) is 5.59. The van der Waals surface area contributed by atoms with Crippen molar-refractivity contribution in [1.82, 2.24) is 0 Å². The van der Waals surface area contributed by atoms with Crippen molar-refractivity contribution in [3.8, 4) is 5.75 Å². The number of hydrogen-bond donors (Lipinski definition) is 0. The lowest BCUT2D eigenvalue weighted by atomic mass is 10.0. The van der Waals surface area contributed by atoms with Gasteiger partial charge in [-0.1, -0.05) is 89.3 Å². The van der Waals surface area contributed by atoms with Crippen LogP contribution in [0.15, 0.2) is 24.3 Å². The second-order valence-electron chi connectivity index (χ2n) is 8.34. The zero-order chi connectivity index (χ0) is 21.2. The molecule has 0 radical (unpaired) electrons. The van der Waals surface area contributed by atoms with Crippen LogP contribution in [0.25, 0.3) is 0 Å². The van der Waals surface area contributed by atoms with Gasteiger partial charge in [0, 0.05) is 6.42 Å². The molecule has 29 heavy (non-hydrogen) atoms. The fourth-order valence-corrected chi connectivity index (χ4v) is 3.44. The van der Waals surface area contributed by atoms with Crippen LogP contribution in [0.2, 0.25) is 0 Å². The van der Waals surface area contributed by atoms with Crippen molar-refractivity contribution in [2.45, 2.75) is 104 Å². The maximum atomic E-state index is 11.9. The summed E-state index contributed by atoms with van der Waals surface area (Å²) in [6, 6.07) is 8.26. The average molecular weight is 405 g/mol. The summed E-state index contributed by atoms with van der Waals surface area (Å²) in [6.07, 6.45) is 14.8. The van der Waals surface area contributed by atoms with Gasteiger partial charge in [0.25, 0.3) is 0 Å². The Morgan fingerprint density at radius 1 is 0.862 bits per heavy atom. The highest BCUT2D eigenvalue weighted by Crippen LogP contribution is 2.15. The van der Waals surface area contributed by atoms with Crippen molar-refractivity contribution >= 4 is 5.97 Å². The minimum absolute atomic E-state index is 0.00600. The molecular formula is C26H44O3. The second-order valence-corrected chi connectivity index (χ2v) is 8.34.